The van der Waals surface area contributed by atoms with Gasteiger partial charge in [-0.1, -0.05) is 19.4 Å². The first-order chi connectivity index (χ1) is 5.99. The van der Waals surface area contributed by atoms with Crippen molar-refractivity contribution in [2.45, 2.75) is 40.0 Å². The van der Waals surface area contributed by atoms with Gasteiger partial charge in [-0.2, -0.15) is 0 Å². The van der Waals surface area contributed by atoms with Gasteiger partial charge in [0.2, 0.25) is 0 Å². The Morgan fingerprint density at radius 1 is 1.46 bits per heavy atom. The standard InChI is InChI=1S/C12H23N/c1-11(2)6-9-13-8-5-7-12(3,4)10-13/h1,5-10H2,2-4H3. The van der Waals surface area contributed by atoms with Crippen molar-refractivity contribution >= 4 is 0 Å². The summed E-state index contributed by atoms with van der Waals surface area (Å²) in [5, 5.41) is 0. The highest BCUT2D eigenvalue weighted by molar-refractivity contribution is 4.90. The van der Waals surface area contributed by atoms with Gasteiger partial charge < -0.3 is 4.90 Å². The van der Waals surface area contributed by atoms with E-state index >= 15 is 0 Å². The van der Waals surface area contributed by atoms with Crippen molar-refractivity contribution in [1.82, 2.24) is 4.90 Å². The molecule has 0 aromatic heterocycles. The Bertz CT molecular complexity index is 182. The van der Waals surface area contributed by atoms with E-state index in [4.69, 9.17) is 0 Å². The molecule has 0 unspecified atom stereocenters. The van der Waals surface area contributed by atoms with Gasteiger partial charge >= 0.3 is 0 Å². The van der Waals surface area contributed by atoms with E-state index in [1.807, 2.05) is 0 Å². The molecule has 0 amide bonds. The average Bonchev–Trinajstić information content (AvgIpc) is 1.99. The molecule has 13 heavy (non-hydrogen) atoms. The van der Waals surface area contributed by atoms with Gasteiger partial charge in [0.1, 0.15) is 0 Å². The van der Waals surface area contributed by atoms with Crippen LogP contribution < -0.4 is 0 Å². The Kier molecular flexibility index (Phi) is 3.55. The molecule has 0 radical (unpaired) electrons. The van der Waals surface area contributed by atoms with E-state index in [1.54, 1.807) is 0 Å². The highest BCUT2D eigenvalue weighted by atomic mass is 15.1. The van der Waals surface area contributed by atoms with Crippen LogP contribution in [0.15, 0.2) is 12.2 Å². The van der Waals surface area contributed by atoms with Crippen LogP contribution in [0.4, 0.5) is 0 Å². The van der Waals surface area contributed by atoms with Gasteiger partial charge in [-0.3, -0.25) is 0 Å². The third-order valence-corrected chi connectivity index (χ3v) is 2.83. The first kappa shape index (κ1) is 10.8. The number of piperidine rings is 1. The molecule has 0 saturated carbocycles. The van der Waals surface area contributed by atoms with Crippen LogP contribution in [0.5, 0.6) is 0 Å². The minimum absolute atomic E-state index is 0.535. The number of hydrogen-bond donors (Lipinski definition) is 0. The quantitative estimate of drug-likeness (QED) is 0.605. The monoisotopic (exact) mass is 181 g/mol. The van der Waals surface area contributed by atoms with Crippen LogP contribution in [0.25, 0.3) is 0 Å². The Balaban J connectivity index is 2.30. The molecule has 0 aromatic carbocycles. The van der Waals surface area contributed by atoms with Gasteiger partial charge in [0, 0.05) is 13.1 Å². The summed E-state index contributed by atoms with van der Waals surface area (Å²) in [6.45, 7) is 14.6. The van der Waals surface area contributed by atoms with Crippen molar-refractivity contribution in [3.63, 3.8) is 0 Å². The van der Waals surface area contributed by atoms with Gasteiger partial charge in [-0.05, 0) is 38.1 Å². The molecular formula is C12H23N. The van der Waals surface area contributed by atoms with Gasteiger partial charge in [-0.15, -0.1) is 6.58 Å². The summed E-state index contributed by atoms with van der Waals surface area (Å²) in [5.74, 6) is 0. The minimum Gasteiger partial charge on any atom is -0.302 e. The lowest BCUT2D eigenvalue weighted by atomic mass is 9.84. The maximum absolute atomic E-state index is 3.95. The number of likely N-dealkylation sites (tertiary alicyclic amines) is 1. The topological polar surface area (TPSA) is 3.24 Å². The fraction of sp³-hybridized carbons (Fsp3) is 0.833. The van der Waals surface area contributed by atoms with Crippen molar-refractivity contribution < 1.29 is 0 Å². The maximum Gasteiger partial charge on any atom is 0.00328 e. The first-order valence-corrected chi connectivity index (χ1v) is 5.36. The average molecular weight is 181 g/mol. The zero-order valence-electron chi connectivity index (χ0n) is 9.40. The molecule has 76 valence electrons. The van der Waals surface area contributed by atoms with Crippen molar-refractivity contribution in [2.24, 2.45) is 5.41 Å². The second kappa shape index (κ2) is 4.28. The lowest BCUT2D eigenvalue weighted by Crippen LogP contribution is -2.40. The van der Waals surface area contributed by atoms with E-state index in [2.05, 4.69) is 32.3 Å². The SMILES string of the molecule is C=C(C)CCN1CCCC(C)(C)C1. The van der Waals surface area contributed by atoms with Crippen LogP contribution in [0.3, 0.4) is 0 Å². The molecule has 0 atom stereocenters. The second-order valence-corrected chi connectivity index (χ2v) is 5.25. The third kappa shape index (κ3) is 3.95. The molecule has 1 rings (SSSR count). The van der Waals surface area contributed by atoms with Crippen LogP contribution >= 0.6 is 0 Å². The molecule has 1 fully saturated rings. The summed E-state index contributed by atoms with van der Waals surface area (Å²) >= 11 is 0. The summed E-state index contributed by atoms with van der Waals surface area (Å²) in [5.41, 5.74) is 1.84. The minimum atomic E-state index is 0.535. The summed E-state index contributed by atoms with van der Waals surface area (Å²) in [6.07, 6.45) is 3.91. The van der Waals surface area contributed by atoms with Crippen molar-refractivity contribution in [3.8, 4) is 0 Å². The summed E-state index contributed by atoms with van der Waals surface area (Å²) in [7, 11) is 0. The van der Waals surface area contributed by atoms with Crippen LogP contribution in [0.2, 0.25) is 0 Å². The predicted molar refractivity (Wildman–Crippen MR) is 58.9 cm³/mol. The van der Waals surface area contributed by atoms with Crippen LogP contribution in [-0.4, -0.2) is 24.5 Å². The normalized spacial score (nSPS) is 23.0. The van der Waals surface area contributed by atoms with Crippen molar-refractivity contribution in [3.05, 3.63) is 12.2 Å². The van der Waals surface area contributed by atoms with Gasteiger partial charge in [0.25, 0.3) is 0 Å². The maximum atomic E-state index is 3.95. The van der Waals surface area contributed by atoms with E-state index in [0.717, 1.165) is 6.42 Å². The zero-order valence-corrected chi connectivity index (χ0v) is 9.40. The molecule has 0 spiro atoms. The molecule has 1 aliphatic rings. The van der Waals surface area contributed by atoms with E-state index in [0.29, 0.717) is 5.41 Å². The molecule has 1 nitrogen and oxygen atoms in total. The lowest BCUT2D eigenvalue weighted by molar-refractivity contribution is 0.119. The molecule has 1 saturated heterocycles. The Morgan fingerprint density at radius 2 is 2.15 bits per heavy atom. The highest BCUT2D eigenvalue weighted by Crippen LogP contribution is 2.28. The van der Waals surface area contributed by atoms with E-state index < -0.39 is 0 Å². The summed E-state index contributed by atoms with van der Waals surface area (Å²) in [6, 6.07) is 0. The van der Waals surface area contributed by atoms with E-state index in [1.165, 1.54) is 38.0 Å². The molecule has 1 aliphatic heterocycles. The molecule has 0 N–H and O–H groups in total. The lowest BCUT2D eigenvalue weighted by Gasteiger charge is -2.38. The smallest absolute Gasteiger partial charge is 0.00328 e. The fourth-order valence-corrected chi connectivity index (χ4v) is 2.08. The van der Waals surface area contributed by atoms with Crippen LogP contribution in [0.1, 0.15) is 40.0 Å². The van der Waals surface area contributed by atoms with Crippen molar-refractivity contribution in [2.75, 3.05) is 19.6 Å². The van der Waals surface area contributed by atoms with Crippen LogP contribution in [0, 0.1) is 5.41 Å². The highest BCUT2D eigenvalue weighted by Gasteiger charge is 2.25. The Labute approximate surface area is 82.8 Å². The Hall–Kier alpha value is -0.300. The summed E-state index contributed by atoms with van der Waals surface area (Å²) < 4.78 is 0. The molecular weight excluding hydrogens is 158 g/mol. The number of hydrogen-bond acceptors (Lipinski definition) is 1. The third-order valence-electron chi connectivity index (χ3n) is 2.83. The van der Waals surface area contributed by atoms with Gasteiger partial charge in [0.15, 0.2) is 0 Å². The van der Waals surface area contributed by atoms with Crippen molar-refractivity contribution in [1.29, 1.82) is 0 Å². The van der Waals surface area contributed by atoms with Crippen LogP contribution in [-0.2, 0) is 0 Å². The second-order valence-electron chi connectivity index (χ2n) is 5.25. The number of nitrogens with zero attached hydrogens (tertiary/aromatic N) is 1. The molecule has 0 aromatic rings. The van der Waals surface area contributed by atoms with E-state index in [-0.39, 0.29) is 0 Å². The largest absolute Gasteiger partial charge is 0.302 e. The number of rotatable bonds is 3. The predicted octanol–water partition coefficient (Wildman–Crippen LogP) is 3.07. The van der Waals surface area contributed by atoms with E-state index in [9.17, 15) is 0 Å². The molecule has 0 aliphatic carbocycles. The van der Waals surface area contributed by atoms with Gasteiger partial charge in [-0.25, -0.2) is 0 Å². The summed E-state index contributed by atoms with van der Waals surface area (Å²) in [4.78, 5) is 2.58. The van der Waals surface area contributed by atoms with Gasteiger partial charge in [0.05, 0.1) is 0 Å². The Morgan fingerprint density at radius 3 is 2.69 bits per heavy atom. The zero-order chi connectivity index (χ0) is 9.90. The molecule has 1 heteroatoms. The first-order valence-electron chi connectivity index (χ1n) is 5.36. The fourth-order valence-electron chi connectivity index (χ4n) is 2.08. The molecule has 0 bridgehead atoms. The molecule has 1 heterocycles.